The summed E-state index contributed by atoms with van der Waals surface area (Å²) in [6.07, 6.45) is -3.75. The molecule has 3 aromatic heterocycles. The number of nitrogens with one attached hydrogen (secondary N) is 1. The summed E-state index contributed by atoms with van der Waals surface area (Å²) < 4.78 is 54.4. The van der Waals surface area contributed by atoms with Crippen LogP contribution in [0.5, 0.6) is 5.88 Å². The number of carbonyl (C=O) groups excluding carboxylic acids is 1. The molecule has 0 atom stereocenters. The van der Waals surface area contributed by atoms with E-state index in [1.165, 1.54) is 28.0 Å². The summed E-state index contributed by atoms with van der Waals surface area (Å²) in [7, 11) is 0. The predicted molar refractivity (Wildman–Crippen MR) is 140 cm³/mol. The number of nitrogens with zero attached hydrogens (tertiary/aromatic N) is 3. The first-order valence-electron chi connectivity index (χ1n) is 12.2. The van der Waals surface area contributed by atoms with E-state index in [0.29, 0.717) is 21.8 Å². The summed E-state index contributed by atoms with van der Waals surface area (Å²) >= 11 is 7.33. The van der Waals surface area contributed by atoms with Crippen LogP contribution in [0.1, 0.15) is 37.9 Å². The topological polar surface area (TPSA) is 72.5 Å². The number of rotatable bonds is 6. The number of hydrogen-bond donors (Lipinski definition) is 1. The number of carbonyl (C=O) groups is 1. The molecule has 4 aromatic rings. The van der Waals surface area contributed by atoms with Gasteiger partial charge in [-0.1, -0.05) is 22.8 Å². The van der Waals surface area contributed by atoms with Gasteiger partial charge in [-0.15, -0.1) is 11.3 Å². The Morgan fingerprint density at radius 2 is 2.00 bits per heavy atom. The lowest BCUT2D eigenvalue weighted by atomic mass is 10.0. The fourth-order valence-corrected chi connectivity index (χ4v) is 5.71. The van der Waals surface area contributed by atoms with E-state index in [9.17, 15) is 18.0 Å². The third-order valence-electron chi connectivity index (χ3n) is 6.69. The number of aromatic nitrogens is 2. The molecule has 0 radical (unpaired) electrons. The molecule has 0 spiro atoms. The van der Waals surface area contributed by atoms with E-state index in [4.69, 9.17) is 20.9 Å². The van der Waals surface area contributed by atoms with Crippen LogP contribution in [0.4, 0.5) is 18.0 Å². The van der Waals surface area contributed by atoms with Gasteiger partial charge in [0.2, 0.25) is 5.88 Å². The second-order valence-corrected chi connectivity index (χ2v) is 11.2. The molecular formula is C26H26ClF3N4O3S. The number of piperidine rings is 1. The number of alkyl halides is 3. The van der Waals surface area contributed by atoms with Gasteiger partial charge >= 0.3 is 12.3 Å². The van der Waals surface area contributed by atoms with Gasteiger partial charge < -0.3 is 24.0 Å². The van der Waals surface area contributed by atoms with Crippen LogP contribution in [0.2, 0.25) is 4.34 Å². The molecule has 0 saturated carbocycles. The Hall–Kier alpha value is -3.02. The van der Waals surface area contributed by atoms with E-state index < -0.39 is 17.8 Å². The molecule has 1 fully saturated rings. The van der Waals surface area contributed by atoms with Gasteiger partial charge in [0, 0.05) is 42.7 Å². The molecule has 7 nitrogen and oxygen atoms in total. The molecular weight excluding hydrogens is 541 g/mol. The smallest absolute Gasteiger partial charge is 0.393 e. The highest BCUT2D eigenvalue weighted by Crippen LogP contribution is 2.38. The van der Waals surface area contributed by atoms with Crippen LogP contribution in [0.3, 0.4) is 0 Å². The molecule has 1 aliphatic rings. The normalized spacial score (nSPS) is 15.4. The van der Waals surface area contributed by atoms with Crippen LogP contribution in [0.15, 0.2) is 47.0 Å². The number of benzene rings is 1. The van der Waals surface area contributed by atoms with Gasteiger partial charge in [0.15, 0.2) is 5.76 Å². The summed E-state index contributed by atoms with van der Waals surface area (Å²) in [5.74, 6) is 0.467. The van der Waals surface area contributed by atoms with Crippen molar-refractivity contribution in [3.8, 4) is 16.5 Å². The number of hydrogen-bond acceptors (Lipinski definition) is 6. The molecule has 5 rings (SSSR count). The quantitative estimate of drug-likeness (QED) is 0.271. The van der Waals surface area contributed by atoms with Gasteiger partial charge in [0.05, 0.1) is 26.8 Å². The van der Waals surface area contributed by atoms with Gasteiger partial charge in [0.1, 0.15) is 5.69 Å². The molecule has 202 valence electrons. The fraction of sp³-hybridized carbons (Fsp3) is 0.385. The molecule has 38 heavy (non-hydrogen) atoms. The van der Waals surface area contributed by atoms with Crippen LogP contribution in [0.25, 0.3) is 21.5 Å². The maximum atomic E-state index is 13.8. The van der Waals surface area contributed by atoms with E-state index in [1.807, 2.05) is 0 Å². The first-order chi connectivity index (χ1) is 18.1. The maximum absolute atomic E-state index is 13.8. The van der Waals surface area contributed by atoms with Crippen molar-refractivity contribution in [3.63, 3.8) is 0 Å². The van der Waals surface area contributed by atoms with Gasteiger partial charge in [0.25, 0.3) is 0 Å². The SMILES string of the molecule is CC(C)N1CCC(NC(=O)Oc2cc3c(C(F)(F)F)cccc3n2Cc2cc(-c3ccc(Cl)s3)on2)CC1. The van der Waals surface area contributed by atoms with Gasteiger partial charge in [-0.3, -0.25) is 0 Å². The molecule has 1 saturated heterocycles. The van der Waals surface area contributed by atoms with Crippen molar-refractivity contribution in [1.29, 1.82) is 0 Å². The Balaban J connectivity index is 1.41. The molecule has 1 aliphatic heterocycles. The minimum atomic E-state index is -4.57. The summed E-state index contributed by atoms with van der Waals surface area (Å²) in [5, 5.41) is 6.87. The van der Waals surface area contributed by atoms with Crippen LogP contribution in [0, 0.1) is 0 Å². The van der Waals surface area contributed by atoms with Gasteiger partial charge in [-0.05, 0) is 51.0 Å². The number of thiophene rings is 1. The van der Waals surface area contributed by atoms with E-state index in [0.717, 1.165) is 36.9 Å². The van der Waals surface area contributed by atoms with Crippen molar-refractivity contribution >= 4 is 39.9 Å². The van der Waals surface area contributed by atoms with E-state index in [-0.39, 0.29) is 29.4 Å². The standard InChI is InChI=1S/C26H26ClF3N4O3S/c1-15(2)33-10-8-16(9-11-33)31-25(35)36-24-13-18-19(26(28,29)30)4-3-5-20(18)34(24)14-17-12-21(37-32-17)22-6-7-23(27)38-22/h3-7,12-13,15-16H,8-11,14H2,1-2H3,(H,31,35). The summed E-state index contributed by atoms with van der Waals surface area (Å²) in [6, 6.07) is 10.7. The Kier molecular flexibility index (Phi) is 7.43. The van der Waals surface area contributed by atoms with Crippen molar-refractivity contribution in [3.05, 3.63) is 58.1 Å². The molecule has 1 aromatic carbocycles. The van der Waals surface area contributed by atoms with Crippen LogP contribution >= 0.6 is 22.9 Å². The van der Waals surface area contributed by atoms with E-state index in [1.54, 1.807) is 24.3 Å². The Morgan fingerprint density at radius 3 is 2.66 bits per heavy atom. The maximum Gasteiger partial charge on any atom is 0.417 e. The third kappa shape index (κ3) is 5.69. The predicted octanol–water partition coefficient (Wildman–Crippen LogP) is 7.04. The van der Waals surface area contributed by atoms with Crippen LogP contribution in [-0.4, -0.2) is 45.9 Å². The Bertz CT molecular complexity index is 1440. The fourth-order valence-electron chi connectivity index (χ4n) is 4.72. The second-order valence-electron chi connectivity index (χ2n) is 9.53. The molecule has 4 heterocycles. The zero-order valence-corrected chi connectivity index (χ0v) is 22.3. The Morgan fingerprint density at radius 1 is 1.24 bits per heavy atom. The van der Waals surface area contributed by atoms with E-state index >= 15 is 0 Å². The molecule has 12 heteroatoms. The van der Waals surface area contributed by atoms with Crippen molar-refractivity contribution in [2.45, 2.75) is 51.5 Å². The molecule has 1 N–H and O–H groups in total. The highest BCUT2D eigenvalue weighted by molar-refractivity contribution is 7.19. The second kappa shape index (κ2) is 10.6. The molecule has 0 unspecified atom stereocenters. The number of amides is 1. The molecule has 0 aliphatic carbocycles. The molecule has 1 amide bonds. The first kappa shape index (κ1) is 26.6. The number of ether oxygens (including phenoxy) is 1. The van der Waals surface area contributed by atoms with Gasteiger partial charge in [-0.2, -0.15) is 13.2 Å². The lowest BCUT2D eigenvalue weighted by Crippen LogP contribution is -2.47. The van der Waals surface area contributed by atoms with Crippen molar-refractivity contribution in [2.75, 3.05) is 13.1 Å². The Labute approximate surface area is 226 Å². The van der Waals surface area contributed by atoms with Crippen molar-refractivity contribution < 1.29 is 27.2 Å². The summed E-state index contributed by atoms with van der Waals surface area (Å²) in [4.78, 5) is 15.9. The minimum Gasteiger partial charge on any atom is -0.393 e. The highest BCUT2D eigenvalue weighted by Gasteiger charge is 2.34. The zero-order valence-electron chi connectivity index (χ0n) is 20.7. The lowest BCUT2D eigenvalue weighted by Gasteiger charge is -2.34. The number of likely N-dealkylation sites (tertiary alicyclic amines) is 1. The van der Waals surface area contributed by atoms with E-state index in [2.05, 4.69) is 29.2 Å². The minimum absolute atomic E-state index is 0.0162. The van der Waals surface area contributed by atoms with Gasteiger partial charge in [-0.25, -0.2) is 4.79 Å². The molecule has 0 bridgehead atoms. The van der Waals surface area contributed by atoms with Crippen LogP contribution in [-0.2, 0) is 12.7 Å². The monoisotopic (exact) mass is 566 g/mol. The number of halogens is 4. The largest absolute Gasteiger partial charge is 0.417 e. The average Bonchev–Trinajstić information content (AvgIpc) is 3.58. The van der Waals surface area contributed by atoms with Crippen molar-refractivity contribution in [1.82, 2.24) is 19.9 Å². The third-order valence-corrected chi connectivity index (χ3v) is 7.93. The first-order valence-corrected chi connectivity index (χ1v) is 13.4. The average molecular weight is 567 g/mol. The van der Waals surface area contributed by atoms with Crippen molar-refractivity contribution in [2.24, 2.45) is 0 Å². The zero-order chi connectivity index (χ0) is 27.0. The highest BCUT2D eigenvalue weighted by atomic mass is 35.5. The lowest BCUT2D eigenvalue weighted by molar-refractivity contribution is -0.136. The number of fused-ring (bicyclic) bond motifs is 1. The summed E-state index contributed by atoms with van der Waals surface area (Å²) in [6.45, 7) is 5.99. The summed E-state index contributed by atoms with van der Waals surface area (Å²) in [5.41, 5.74) is -0.100. The van der Waals surface area contributed by atoms with Crippen LogP contribution < -0.4 is 10.1 Å².